The van der Waals surface area contributed by atoms with Crippen LogP contribution in [0.4, 0.5) is 13.2 Å². The maximum absolute atomic E-state index is 15.3. The van der Waals surface area contributed by atoms with Crippen LogP contribution in [0.2, 0.25) is 0 Å². The van der Waals surface area contributed by atoms with E-state index in [0.29, 0.717) is 5.56 Å². The number of ether oxygens (including phenoxy) is 1. The SMILES string of the molecule is COc1cccc(-c2c(C)n(Cc3c(F)cccc3F)c(=O)n(C[C@H](N)c3ccccc3)c2=O)c1F.Cl. The van der Waals surface area contributed by atoms with Gasteiger partial charge in [0.05, 0.1) is 25.8 Å². The lowest BCUT2D eigenvalue weighted by molar-refractivity contribution is 0.387. The Morgan fingerprint density at radius 1 is 0.892 bits per heavy atom. The van der Waals surface area contributed by atoms with E-state index in [0.717, 1.165) is 21.3 Å². The van der Waals surface area contributed by atoms with Crippen LogP contribution in [0.5, 0.6) is 5.75 Å². The first-order chi connectivity index (χ1) is 17.2. The number of hydrogen-bond donors (Lipinski definition) is 1. The van der Waals surface area contributed by atoms with Gasteiger partial charge in [-0.25, -0.2) is 18.0 Å². The highest BCUT2D eigenvalue weighted by Crippen LogP contribution is 2.29. The summed E-state index contributed by atoms with van der Waals surface area (Å²) in [6.45, 7) is 0.681. The summed E-state index contributed by atoms with van der Waals surface area (Å²) in [6, 6.07) is 15.7. The lowest BCUT2D eigenvalue weighted by atomic mass is 10.0. The van der Waals surface area contributed by atoms with Crippen LogP contribution >= 0.6 is 12.4 Å². The zero-order valence-electron chi connectivity index (χ0n) is 20.1. The van der Waals surface area contributed by atoms with Gasteiger partial charge >= 0.3 is 5.69 Å². The van der Waals surface area contributed by atoms with Gasteiger partial charge in [0.25, 0.3) is 5.56 Å². The first kappa shape index (κ1) is 27.8. The zero-order valence-corrected chi connectivity index (χ0v) is 20.9. The lowest BCUT2D eigenvalue weighted by Crippen LogP contribution is -2.44. The highest BCUT2D eigenvalue weighted by molar-refractivity contribution is 5.85. The van der Waals surface area contributed by atoms with Gasteiger partial charge in [-0.2, -0.15) is 0 Å². The van der Waals surface area contributed by atoms with Gasteiger partial charge in [0, 0.05) is 22.9 Å². The molecule has 0 bridgehead atoms. The minimum atomic E-state index is -0.853. The van der Waals surface area contributed by atoms with Crippen molar-refractivity contribution in [1.29, 1.82) is 0 Å². The van der Waals surface area contributed by atoms with Crippen LogP contribution in [0, 0.1) is 24.4 Å². The van der Waals surface area contributed by atoms with Gasteiger partial charge in [0.2, 0.25) is 0 Å². The molecule has 6 nitrogen and oxygen atoms in total. The molecule has 4 rings (SSSR count). The lowest BCUT2D eigenvalue weighted by Gasteiger charge is -2.20. The Bertz CT molecular complexity index is 1520. The Kier molecular flexibility index (Phi) is 8.62. The Morgan fingerprint density at radius 2 is 1.51 bits per heavy atom. The number of halogens is 4. The molecule has 0 radical (unpaired) electrons. The summed E-state index contributed by atoms with van der Waals surface area (Å²) in [4.78, 5) is 27.1. The van der Waals surface area contributed by atoms with Crippen molar-refractivity contribution in [2.24, 2.45) is 5.73 Å². The van der Waals surface area contributed by atoms with Crippen molar-refractivity contribution < 1.29 is 17.9 Å². The van der Waals surface area contributed by atoms with E-state index in [1.807, 2.05) is 0 Å². The van der Waals surface area contributed by atoms with Crippen LogP contribution in [0.1, 0.15) is 22.9 Å². The van der Waals surface area contributed by atoms with Crippen molar-refractivity contribution in [1.82, 2.24) is 9.13 Å². The summed E-state index contributed by atoms with van der Waals surface area (Å²) in [6.07, 6.45) is 0. The molecule has 10 heteroatoms. The average Bonchev–Trinajstić information content (AvgIpc) is 2.87. The van der Waals surface area contributed by atoms with Crippen molar-refractivity contribution in [2.45, 2.75) is 26.1 Å². The molecular formula is C27H25ClF3N3O3. The molecule has 4 aromatic rings. The first-order valence-corrected chi connectivity index (χ1v) is 11.1. The molecule has 2 N–H and O–H groups in total. The smallest absolute Gasteiger partial charge is 0.331 e. The van der Waals surface area contributed by atoms with Crippen molar-refractivity contribution in [3.63, 3.8) is 0 Å². The molecule has 0 aliphatic rings. The van der Waals surface area contributed by atoms with Crippen LogP contribution in [0.15, 0.2) is 76.3 Å². The fraction of sp³-hybridized carbons (Fsp3) is 0.185. The molecule has 3 aromatic carbocycles. The number of nitrogens with zero attached hydrogens (tertiary/aromatic N) is 2. The number of methoxy groups -OCH3 is 1. The van der Waals surface area contributed by atoms with Crippen molar-refractivity contribution in [3.8, 4) is 16.9 Å². The topological polar surface area (TPSA) is 79.2 Å². The maximum Gasteiger partial charge on any atom is 0.331 e. The van der Waals surface area contributed by atoms with Crippen LogP contribution in [0.3, 0.4) is 0 Å². The highest BCUT2D eigenvalue weighted by atomic mass is 35.5. The third-order valence-corrected chi connectivity index (χ3v) is 6.12. The van der Waals surface area contributed by atoms with Crippen LogP contribution in [0.25, 0.3) is 11.1 Å². The molecule has 0 aliphatic carbocycles. The van der Waals surface area contributed by atoms with E-state index in [1.165, 1.54) is 38.3 Å². The molecule has 0 saturated heterocycles. The number of rotatable bonds is 7. The van der Waals surface area contributed by atoms with Gasteiger partial charge in [0.1, 0.15) is 11.6 Å². The molecule has 1 heterocycles. The largest absolute Gasteiger partial charge is 0.494 e. The monoisotopic (exact) mass is 531 g/mol. The second kappa shape index (κ2) is 11.5. The summed E-state index contributed by atoms with van der Waals surface area (Å²) >= 11 is 0. The first-order valence-electron chi connectivity index (χ1n) is 11.1. The van der Waals surface area contributed by atoms with E-state index in [9.17, 15) is 18.4 Å². The second-order valence-corrected chi connectivity index (χ2v) is 8.28. The second-order valence-electron chi connectivity index (χ2n) is 8.28. The molecule has 0 aliphatic heterocycles. The van der Waals surface area contributed by atoms with E-state index < -0.39 is 41.3 Å². The molecule has 37 heavy (non-hydrogen) atoms. The Labute approximate surface area is 217 Å². The number of nitrogens with two attached hydrogens (primary N) is 1. The fourth-order valence-corrected chi connectivity index (χ4v) is 4.16. The molecule has 0 fully saturated rings. The van der Waals surface area contributed by atoms with E-state index in [4.69, 9.17) is 10.5 Å². The van der Waals surface area contributed by atoms with E-state index in [2.05, 4.69) is 0 Å². The standard InChI is InChI=1S/C27H24F3N3O3.ClH/c1-16-24(18-10-6-13-23(36-2)25(18)30)26(34)33(15-22(31)17-8-4-3-5-9-17)27(35)32(16)14-19-20(28)11-7-12-21(19)29;/h3-13,22H,14-15,31H2,1-2H3;1H/t22-;/m0./s1. The van der Waals surface area contributed by atoms with Gasteiger partial charge < -0.3 is 10.5 Å². The summed E-state index contributed by atoms with van der Waals surface area (Å²) in [5.41, 5.74) is 4.81. The maximum atomic E-state index is 15.3. The van der Waals surface area contributed by atoms with Gasteiger partial charge in [-0.3, -0.25) is 13.9 Å². The average molecular weight is 532 g/mol. The fourth-order valence-electron chi connectivity index (χ4n) is 4.16. The molecule has 1 aromatic heterocycles. The molecule has 1 atom stereocenters. The van der Waals surface area contributed by atoms with Crippen LogP contribution in [-0.2, 0) is 13.1 Å². The summed E-state index contributed by atoms with van der Waals surface area (Å²) < 4.78 is 51.2. The van der Waals surface area contributed by atoms with Crippen LogP contribution in [-0.4, -0.2) is 16.2 Å². The molecule has 0 amide bonds. The Morgan fingerprint density at radius 3 is 2.14 bits per heavy atom. The third kappa shape index (κ3) is 5.33. The zero-order chi connectivity index (χ0) is 26.0. The van der Waals surface area contributed by atoms with Gasteiger partial charge in [-0.15, -0.1) is 12.4 Å². The predicted octanol–water partition coefficient (Wildman–Crippen LogP) is 4.58. The summed E-state index contributed by atoms with van der Waals surface area (Å²) in [7, 11) is 1.29. The highest BCUT2D eigenvalue weighted by Gasteiger charge is 2.24. The normalized spacial score (nSPS) is 11.6. The van der Waals surface area contributed by atoms with E-state index in [1.54, 1.807) is 30.3 Å². The number of benzene rings is 3. The van der Waals surface area contributed by atoms with Gasteiger partial charge in [-0.1, -0.05) is 48.5 Å². The minimum Gasteiger partial charge on any atom is -0.494 e. The van der Waals surface area contributed by atoms with E-state index >= 15 is 4.39 Å². The molecular weight excluding hydrogens is 507 g/mol. The van der Waals surface area contributed by atoms with Crippen LogP contribution < -0.4 is 21.7 Å². The van der Waals surface area contributed by atoms with Gasteiger partial charge in [-0.05, 0) is 30.7 Å². The summed E-state index contributed by atoms with van der Waals surface area (Å²) in [5, 5.41) is 0. The Balaban J connectivity index is 0.00000380. The molecule has 0 spiro atoms. The van der Waals surface area contributed by atoms with Crippen molar-refractivity contribution in [3.05, 3.63) is 122 Å². The quantitative estimate of drug-likeness (QED) is 0.378. The number of aromatic nitrogens is 2. The van der Waals surface area contributed by atoms with Gasteiger partial charge in [0.15, 0.2) is 11.6 Å². The minimum absolute atomic E-state index is 0. The molecule has 194 valence electrons. The Hall–Kier alpha value is -3.82. The van der Waals surface area contributed by atoms with Crippen molar-refractivity contribution >= 4 is 12.4 Å². The summed E-state index contributed by atoms with van der Waals surface area (Å²) in [5.74, 6) is -2.61. The predicted molar refractivity (Wildman–Crippen MR) is 138 cm³/mol. The molecule has 0 saturated carbocycles. The number of hydrogen-bond acceptors (Lipinski definition) is 4. The molecule has 0 unspecified atom stereocenters. The van der Waals surface area contributed by atoms with Crippen molar-refractivity contribution in [2.75, 3.05) is 7.11 Å². The third-order valence-electron chi connectivity index (χ3n) is 6.12. The van der Waals surface area contributed by atoms with E-state index in [-0.39, 0.29) is 47.1 Å².